The number of nitrogens with one attached hydrogen (secondary N) is 1. The van der Waals surface area contributed by atoms with E-state index in [1.54, 1.807) is 31.2 Å². The number of hydrogen-bond donors (Lipinski definition) is 1. The second kappa shape index (κ2) is 7.12. The monoisotopic (exact) mass is 367 g/mol. The van der Waals surface area contributed by atoms with E-state index < -0.39 is 5.63 Å². The van der Waals surface area contributed by atoms with E-state index >= 15 is 0 Å². The predicted molar refractivity (Wildman–Crippen MR) is 99.3 cm³/mol. The molecule has 0 unspecified atom stereocenters. The van der Waals surface area contributed by atoms with Crippen molar-refractivity contribution >= 4 is 28.2 Å². The van der Waals surface area contributed by atoms with Crippen molar-refractivity contribution in [3.05, 3.63) is 56.9 Å². The number of rotatable bonds is 3. The molecule has 1 saturated heterocycles. The SMILES string of the molecule is Cc1nc(N2CCOCC2)c(N=Nc2ccc3oc(=O)ccc3c2)c(=O)[nH]1. The van der Waals surface area contributed by atoms with E-state index in [1.165, 1.54) is 6.07 Å². The molecule has 0 radical (unpaired) electrons. The van der Waals surface area contributed by atoms with Gasteiger partial charge in [-0.15, -0.1) is 5.11 Å². The number of morpholine rings is 1. The Bertz CT molecular complexity index is 1130. The largest absolute Gasteiger partial charge is 0.423 e. The van der Waals surface area contributed by atoms with E-state index in [2.05, 4.69) is 20.2 Å². The second-order valence-corrected chi connectivity index (χ2v) is 6.10. The second-order valence-electron chi connectivity index (χ2n) is 6.10. The number of azo groups is 1. The Labute approximate surface area is 153 Å². The molecule has 1 aromatic carbocycles. The number of fused-ring (bicyclic) bond motifs is 1. The van der Waals surface area contributed by atoms with E-state index in [9.17, 15) is 9.59 Å². The Hall–Kier alpha value is -3.33. The zero-order valence-electron chi connectivity index (χ0n) is 14.6. The number of anilines is 1. The summed E-state index contributed by atoms with van der Waals surface area (Å²) < 4.78 is 10.5. The zero-order valence-corrected chi connectivity index (χ0v) is 14.6. The fourth-order valence-electron chi connectivity index (χ4n) is 2.88. The third-order valence-electron chi connectivity index (χ3n) is 4.17. The van der Waals surface area contributed by atoms with Gasteiger partial charge in [0.05, 0.1) is 18.9 Å². The number of aryl methyl sites for hydroxylation is 1. The summed E-state index contributed by atoms with van der Waals surface area (Å²) in [6.07, 6.45) is 0. The summed E-state index contributed by atoms with van der Waals surface area (Å²) in [6, 6.07) is 8.03. The molecule has 9 nitrogen and oxygen atoms in total. The summed E-state index contributed by atoms with van der Waals surface area (Å²) in [5, 5.41) is 9.06. The standard InChI is InChI=1S/C18H17N5O4/c1-11-19-17(23-6-8-26-9-7-23)16(18(25)20-11)22-21-13-3-4-14-12(10-13)2-5-15(24)27-14/h2-5,10H,6-9H2,1H3,(H,19,20,25). The van der Waals surface area contributed by atoms with Crippen molar-refractivity contribution in [2.75, 3.05) is 31.2 Å². The quantitative estimate of drug-likeness (QED) is 0.562. The summed E-state index contributed by atoms with van der Waals surface area (Å²) in [4.78, 5) is 32.8. The van der Waals surface area contributed by atoms with Gasteiger partial charge in [-0.2, -0.15) is 5.11 Å². The van der Waals surface area contributed by atoms with Crippen LogP contribution in [-0.4, -0.2) is 36.3 Å². The number of benzene rings is 1. The van der Waals surface area contributed by atoms with Gasteiger partial charge in [0.25, 0.3) is 5.56 Å². The molecule has 0 bridgehead atoms. The zero-order chi connectivity index (χ0) is 18.8. The van der Waals surface area contributed by atoms with Crippen LogP contribution in [0.4, 0.5) is 17.2 Å². The van der Waals surface area contributed by atoms with Crippen molar-refractivity contribution in [2.24, 2.45) is 10.2 Å². The first-order valence-electron chi connectivity index (χ1n) is 8.49. The van der Waals surface area contributed by atoms with E-state index in [-0.39, 0.29) is 11.2 Å². The van der Waals surface area contributed by atoms with E-state index in [4.69, 9.17) is 9.15 Å². The number of aromatic amines is 1. The topological polar surface area (TPSA) is 113 Å². The molecule has 27 heavy (non-hydrogen) atoms. The molecule has 3 heterocycles. The van der Waals surface area contributed by atoms with Crippen molar-refractivity contribution in [2.45, 2.75) is 6.92 Å². The van der Waals surface area contributed by atoms with Gasteiger partial charge in [-0.05, 0) is 31.2 Å². The molecule has 1 N–H and O–H groups in total. The third kappa shape index (κ3) is 3.63. The summed E-state index contributed by atoms with van der Waals surface area (Å²) in [6.45, 7) is 4.13. The molecule has 0 atom stereocenters. The van der Waals surface area contributed by atoms with Crippen molar-refractivity contribution in [3.63, 3.8) is 0 Å². The minimum atomic E-state index is -0.413. The van der Waals surface area contributed by atoms with Crippen LogP contribution in [0.5, 0.6) is 0 Å². The van der Waals surface area contributed by atoms with Crippen molar-refractivity contribution in [3.8, 4) is 0 Å². The fraction of sp³-hybridized carbons (Fsp3) is 0.278. The molecule has 0 aliphatic carbocycles. The first-order chi connectivity index (χ1) is 13.1. The van der Waals surface area contributed by atoms with Gasteiger partial charge < -0.3 is 19.0 Å². The van der Waals surface area contributed by atoms with Gasteiger partial charge in [0.2, 0.25) is 0 Å². The van der Waals surface area contributed by atoms with Gasteiger partial charge in [-0.1, -0.05) is 0 Å². The molecule has 1 aliphatic heterocycles. The minimum Gasteiger partial charge on any atom is -0.423 e. The van der Waals surface area contributed by atoms with Gasteiger partial charge >= 0.3 is 5.63 Å². The van der Waals surface area contributed by atoms with Crippen LogP contribution in [-0.2, 0) is 4.74 Å². The lowest BCUT2D eigenvalue weighted by Crippen LogP contribution is -2.37. The van der Waals surface area contributed by atoms with Crippen LogP contribution in [0, 0.1) is 6.92 Å². The van der Waals surface area contributed by atoms with Crippen molar-refractivity contribution < 1.29 is 9.15 Å². The summed E-state index contributed by atoms with van der Waals surface area (Å²) >= 11 is 0. The molecule has 3 aromatic rings. The third-order valence-corrected chi connectivity index (χ3v) is 4.17. The van der Waals surface area contributed by atoms with Crippen molar-refractivity contribution in [1.29, 1.82) is 0 Å². The van der Waals surface area contributed by atoms with Crippen molar-refractivity contribution in [1.82, 2.24) is 9.97 Å². The molecule has 0 amide bonds. The average molecular weight is 367 g/mol. The van der Waals surface area contributed by atoms with Gasteiger partial charge in [-0.3, -0.25) is 4.79 Å². The van der Waals surface area contributed by atoms with Crippen LogP contribution in [0.3, 0.4) is 0 Å². The Morgan fingerprint density at radius 1 is 1.11 bits per heavy atom. The Morgan fingerprint density at radius 2 is 1.93 bits per heavy atom. The van der Waals surface area contributed by atoms with E-state index in [0.717, 1.165) is 5.39 Å². The molecule has 138 valence electrons. The van der Waals surface area contributed by atoms with Crippen LogP contribution in [0.1, 0.15) is 5.82 Å². The Morgan fingerprint density at radius 3 is 2.74 bits per heavy atom. The van der Waals surface area contributed by atoms with E-state index in [0.29, 0.717) is 49.2 Å². The molecular weight excluding hydrogens is 350 g/mol. The van der Waals surface area contributed by atoms with Crippen LogP contribution in [0.15, 0.2) is 54.6 Å². The molecule has 2 aromatic heterocycles. The van der Waals surface area contributed by atoms with Gasteiger partial charge in [0, 0.05) is 24.5 Å². The summed E-state index contributed by atoms with van der Waals surface area (Å²) in [5.74, 6) is 1.01. The van der Waals surface area contributed by atoms with Crippen LogP contribution in [0.2, 0.25) is 0 Å². The predicted octanol–water partition coefficient (Wildman–Crippen LogP) is 2.44. The first kappa shape index (κ1) is 17.1. The lowest BCUT2D eigenvalue weighted by atomic mass is 10.2. The van der Waals surface area contributed by atoms with Gasteiger partial charge in [0.15, 0.2) is 11.5 Å². The van der Waals surface area contributed by atoms with Gasteiger partial charge in [-0.25, -0.2) is 9.78 Å². The Kier molecular flexibility index (Phi) is 4.51. The highest BCUT2D eigenvalue weighted by atomic mass is 16.5. The first-order valence-corrected chi connectivity index (χ1v) is 8.49. The molecule has 1 fully saturated rings. The van der Waals surface area contributed by atoms with Gasteiger partial charge in [0.1, 0.15) is 11.4 Å². The smallest absolute Gasteiger partial charge is 0.336 e. The molecule has 0 spiro atoms. The number of hydrogen-bond acceptors (Lipinski definition) is 8. The fourth-order valence-corrected chi connectivity index (χ4v) is 2.88. The number of aromatic nitrogens is 2. The lowest BCUT2D eigenvalue weighted by Gasteiger charge is -2.28. The maximum Gasteiger partial charge on any atom is 0.336 e. The molecular formula is C18H17N5O4. The Balaban J connectivity index is 1.72. The maximum absolute atomic E-state index is 12.4. The molecule has 4 rings (SSSR count). The lowest BCUT2D eigenvalue weighted by molar-refractivity contribution is 0.122. The number of nitrogens with zero attached hydrogens (tertiary/aromatic N) is 4. The summed E-state index contributed by atoms with van der Waals surface area (Å²) in [5.41, 5.74) is 0.389. The van der Waals surface area contributed by atoms with Crippen LogP contribution >= 0.6 is 0 Å². The molecule has 0 saturated carbocycles. The average Bonchev–Trinajstić information content (AvgIpc) is 2.67. The number of H-pyrrole nitrogens is 1. The van der Waals surface area contributed by atoms with Crippen LogP contribution in [0.25, 0.3) is 11.0 Å². The molecule has 1 aliphatic rings. The minimum absolute atomic E-state index is 0.155. The highest BCUT2D eigenvalue weighted by molar-refractivity contribution is 5.79. The van der Waals surface area contributed by atoms with Crippen LogP contribution < -0.4 is 16.1 Å². The molecule has 9 heteroatoms. The number of ether oxygens (including phenoxy) is 1. The highest BCUT2D eigenvalue weighted by Crippen LogP contribution is 2.26. The highest BCUT2D eigenvalue weighted by Gasteiger charge is 2.19. The summed E-state index contributed by atoms with van der Waals surface area (Å²) in [7, 11) is 0. The maximum atomic E-state index is 12.4. The van der Waals surface area contributed by atoms with E-state index in [1.807, 2.05) is 4.90 Å². The normalized spacial score (nSPS) is 14.9.